The van der Waals surface area contributed by atoms with Crippen LogP contribution in [0.2, 0.25) is 0 Å². The highest BCUT2D eigenvalue weighted by molar-refractivity contribution is 5.98. The van der Waals surface area contributed by atoms with Crippen LogP contribution in [0.4, 0.5) is 0 Å². The minimum atomic E-state index is -0.115. The third kappa shape index (κ3) is 5.66. The van der Waals surface area contributed by atoms with Crippen LogP contribution in [-0.4, -0.2) is 11.8 Å². The van der Waals surface area contributed by atoms with Gasteiger partial charge in [-0.25, -0.2) is 0 Å². The predicted molar refractivity (Wildman–Crippen MR) is 68.4 cm³/mol. The van der Waals surface area contributed by atoms with Gasteiger partial charge in [-0.3, -0.25) is 14.9 Å². The summed E-state index contributed by atoms with van der Waals surface area (Å²) in [5, 5.41) is 2.41. The van der Waals surface area contributed by atoms with E-state index in [1.165, 1.54) is 12.8 Å². The lowest BCUT2D eigenvalue weighted by molar-refractivity contribution is -0.136. The molecular formula is C14H23NO2. The topological polar surface area (TPSA) is 46.2 Å². The van der Waals surface area contributed by atoms with E-state index in [0.717, 1.165) is 32.1 Å². The number of piperidine rings is 1. The molecule has 0 aliphatic carbocycles. The van der Waals surface area contributed by atoms with Crippen LogP contribution in [0.5, 0.6) is 0 Å². The fourth-order valence-electron chi connectivity index (χ4n) is 2.13. The molecule has 1 saturated heterocycles. The first kappa shape index (κ1) is 13.9. The molecule has 0 aromatic rings. The Hall–Kier alpha value is -1.12. The van der Waals surface area contributed by atoms with E-state index in [-0.39, 0.29) is 17.7 Å². The van der Waals surface area contributed by atoms with Crippen LogP contribution >= 0.6 is 0 Å². The lowest BCUT2D eigenvalue weighted by Gasteiger charge is -2.20. The minimum Gasteiger partial charge on any atom is -0.296 e. The van der Waals surface area contributed by atoms with Gasteiger partial charge in [0.05, 0.1) is 0 Å². The van der Waals surface area contributed by atoms with Crippen LogP contribution in [0.15, 0.2) is 12.2 Å². The van der Waals surface area contributed by atoms with Crippen molar-refractivity contribution in [2.75, 3.05) is 0 Å². The molecule has 0 bridgehead atoms. The molecule has 1 heterocycles. The van der Waals surface area contributed by atoms with Gasteiger partial charge in [0.2, 0.25) is 11.8 Å². The van der Waals surface area contributed by atoms with E-state index in [2.05, 4.69) is 24.4 Å². The molecule has 1 atom stereocenters. The first-order valence-electron chi connectivity index (χ1n) is 6.72. The van der Waals surface area contributed by atoms with Crippen LogP contribution in [0.25, 0.3) is 0 Å². The highest BCUT2D eigenvalue weighted by Gasteiger charge is 2.25. The first-order valence-corrected chi connectivity index (χ1v) is 6.72. The maximum Gasteiger partial charge on any atom is 0.229 e. The van der Waals surface area contributed by atoms with E-state index in [0.29, 0.717) is 6.42 Å². The molecule has 3 nitrogen and oxygen atoms in total. The zero-order chi connectivity index (χ0) is 12.5. The smallest absolute Gasteiger partial charge is 0.229 e. The van der Waals surface area contributed by atoms with Gasteiger partial charge in [-0.1, -0.05) is 31.9 Å². The van der Waals surface area contributed by atoms with E-state index in [9.17, 15) is 9.59 Å². The van der Waals surface area contributed by atoms with Crippen molar-refractivity contribution >= 4 is 11.8 Å². The molecule has 96 valence electrons. The molecular weight excluding hydrogens is 214 g/mol. The highest BCUT2D eigenvalue weighted by Crippen LogP contribution is 2.19. The Balaban J connectivity index is 2.04. The zero-order valence-electron chi connectivity index (χ0n) is 10.7. The summed E-state index contributed by atoms with van der Waals surface area (Å²) in [6, 6.07) is 0. The number of rotatable bonds is 7. The second-order valence-electron chi connectivity index (χ2n) is 4.67. The van der Waals surface area contributed by atoms with Gasteiger partial charge in [-0.05, 0) is 32.1 Å². The highest BCUT2D eigenvalue weighted by atomic mass is 16.2. The third-order valence-corrected chi connectivity index (χ3v) is 3.18. The molecule has 0 radical (unpaired) electrons. The van der Waals surface area contributed by atoms with E-state index >= 15 is 0 Å². The number of carbonyl (C=O) groups is 2. The van der Waals surface area contributed by atoms with Gasteiger partial charge in [0.15, 0.2) is 0 Å². The minimum absolute atomic E-state index is 0.0628. The predicted octanol–water partition coefficient (Wildman–Crippen LogP) is 2.96. The molecule has 2 amide bonds. The van der Waals surface area contributed by atoms with Crippen molar-refractivity contribution in [2.24, 2.45) is 5.92 Å². The molecule has 1 rings (SSSR count). The van der Waals surface area contributed by atoms with Gasteiger partial charge in [0.25, 0.3) is 0 Å². The van der Waals surface area contributed by atoms with E-state index in [1.54, 1.807) is 0 Å². The number of imide groups is 1. The van der Waals surface area contributed by atoms with Gasteiger partial charge in [-0.2, -0.15) is 0 Å². The summed E-state index contributed by atoms with van der Waals surface area (Å²) in [5.41, 5.74) is 0. The summed E-state index contributed by atoms with van der Waals surface area (Å²) < 4.78 is 0. The largest absolute Gasteiger partial charge is 0.296 e. The van der Waals surface area contributed by atoms with Crippen LogP contribution in [0.3, 0.4) is 0 Å². The normalized spacial score (nSPS) is 20.9. The molecule has 0 aromatic heterocycles. The summed E-state index contributed by atoms with van der Waals surface area (Å²) in [4.78, 5) is 22.4. The summed E-state index contributed by atoms with van der Waals surface area (Å²) in [6.07, 6.45) is 12.3. The molecule has 1 N–H and O–H groups in total. The lowest BCUT2D eigenvalue weighted by atomic mass is 9.92. The summed E-state index contributed by atoms with van der Waals surface area (Å²) in [7, 11) is 0. The van der Waals surface area contributed by atoms with E-state index in [1.807, 2.05) is 0 Å². The van der Waals surface area contributed by atoms with Crippen LogP contribution in [0.1, 0.15) is 58.3 Å². The molecule has 0 saturated carbocycles. The summed E-state index contributed by atoms with van der Waals surface area (Å²) in [5.74, 6) is -0.109. The number of hydrogen-bond donors (Lipinski definition) is 1. The van der Waals surface area contributed by atoms with Crippen molar-refractivity contribution in [1.29, 1.82) is 0 Å². The fourth-order valence-corrected chi connectivity index (χ4v) is 2.13. The Morgan fingerprint density at radius 1 is 1.24 bits per heavy atom. The van der Waals surface area contributed by atoms with E-state index < -0.39 is 0 Å². The molecule has 1 aliphatic heterocycles. The molecule has 3 heteroatoms. The average Bonchev–Trinajstić information content (AvgIpc) is 2.30. The van der Waals surface area contributed by atoms with Crippen molar-refractivity contribution in [2.45, 2.75) is 58.3 Å². The van der Waals surface area contributed by atoms with Crippen LogP contribution in [-0.2, 0) is 9.59 Å². The molecule has 1 fully saturated rings. The van der Waals surface area contributed by atoms with Crippen LogP contribution in [0, 0.1) is 5.92 Å². The Bertz CT molecular complexity index is 284. The fraction of sp³-hybridized carbons (Fsp3) is 0.714. The summed E-state index contributed by atoms with van der Waals surface area (Å²) >= 11 is 0. The number of allylic oxidation sites excluding steroid dienone is 2. The molecule has 1 unspecified atom stereocenters. The molecule has 1 aliphatic rings. The number of nitrogens with one attached hydrogen (secondary N) is 1. The van der Waals surface area contributed by atoms with Gasteiger partial charge in [0, 0.05) is 12.3 Å². The molecule has 17 heavy (non-hydrogen) atoms. The lowest BCUT2D eigenvalue weighted by Crippen LogP contribution is -2.40. The third-order valence-electron chi connectivity index (χ3n) is 3.18. The number of hydrogen-bond acceptors (Lipinski definition) is 2. The maximum absolute atomic E-state index is 11.5. The maximum atomic E-state index is 11.5. The van der Waals surface area contributed by atoms with Crippen molar-refractivity contribution < 1.29 is 9.59 Å². The van der Waals surface area contributed by atoms with Crippen molar-refractivity contribution in [1.82, 2.24) is 5.32 Å². The zero-order valence-corrected chi connectivity index (χ0v) is 10.7. The Morgan fingerprint density at radius 3 is 2.76 bits per heavy atom. The standard InChI is InChI=1S/C14H23NO2/c1-2-3-4-5-6-7-8-9-12-10-11-13(16)15-14(12)17/h3-4,12H,2,5-11H2,1H3,(H,15,16,17)/b4-3-. The first-order chi connectivity index (χ1) is 8.24. The Kier molecular flexibility index (Phi) is 6.60. The number of amides is 2. The quantitative estimate of drug-likeness (QED) is 0.420. The van der Waals surface area contributed by atoms with Crippen molar-refractivity contribution in [3.63, 3.8) is 0 Å². The monoisotopic (exact) mass is 237 g/mol. The van der Waals surface area contributed by atoms with Crippen LogP contribution < -0.4 is 5.32 Å². The van der Waals surface area contributed by atoms with Gasteiger partial charge in [0.1, 0.15) is 0 Å². The Labute approximate surface area is 104 Å². The second-order valence-corrected chi connectivity index (χ2v) is 4.67. The number of carbonyl (C=O) groups excluding carboxylic acids is 2. The second kappa shape index (κ2) is 8.04. The average molecular weight is 237 g/mol. The van der Waals surface area contributed by atoms with Gasteiger partial charge in [-0.15, -0.1) is 0 Å². The Morgan fingerprint density at radius 2 is 2.06 bits per heavy atom. The van der Waals surface area contributed by atoms with E-state index in [4.69, 9.17) is 0 Å². The van der Waals surface area contributed by atoms with Gasteiger partial charge >= 0.3 is 0 Å². The van der Waals surface area contributed by atoms with Crippen molar-refractivity contribution in [3.8, 4) is 0 Å². The van der Waals surface area contributed by atoms with Gasteiger partial charge < -0.3 is 0 Å². The SMILES string of the molecule is CC/C=C\CCCCCC1CCC(=O)NC1=O. The van der Waals surface area contributed by atoms with Crippen molar-refractivity contribution in [3.05, 3.63) is 12.2 Å². The number of unbranched alkanes of at least 4 members (excludes halogenated alkanes) is 3. The molecule has 0 aromatic carbocycles. The molecule has 0 spiro atoms. The summed E-state index contributed by atoms with van der Waals surface area (Å²) in [6.45, 7) is 2.14.